The third-order valence-corrected chi connectivity index (χ3v) is 5.13. The van der Waals surface area contributed by atoms with Gasteiger partial charge < -0.3 is 14.2 Å². The van der Waals surface area contributed by atoms with Gasteiger partial charge in [0.25, 0.3) is 0 Å². The van der Waals surface area contributed by atoms with Crippen LogP contribution in [0.1, 0.15) is 21.5 Å². The molecule has 8 heteroatoms. The standard InChI is InChI=1S/C28H22F3NO4/c29-28(30,31)19-36-23-12-11-22(16-33)25(15-23)24-13-14-26(34-17-20-7-3-1-4-8-20)32-27(24)35-18-21-9-5-2-6-10-21/h1-16H,17-19H2. The molecule has 0 aliphatic rings. The summed E-state index contributed by atoms with van der Waals surface area (Å²) in [5.74, 6) is 0.426. The van der Waals surface area contributed by atoms with Crippen molar-refractivity contribution in [2.45, 2.75) is 19.4 Å². The van der Waals surface area contributed by atoms with Gasteiger partial charge in [-0.05, 0) is 35.4 Å². The van der Waals surface area contributed by atoms with E-state index >= 15 is 0 Å². The minimum atomic E-state index is -4.49. The molecule has 0 saturated carbocycles. The Labute approximate surface area is 206 Å². The van der Waals surface area contributed by atoms with E-state index in [1.807, 2.05) is 60.7 Å². The first-order valence-corrected chi connectivity index (χ1v) is 11.0. The van der Waals surface area contributed by atoms with Crippen molar-refractivity contribution in [1.29, 1.82) is 0 Å². The second-order valence-corrected chi connectivity index (χ2v) is 7.82. The number of ether oxygens (including phenoxy) is 3. The van der Waals surface area contributed by atoms with Crippen LogP contribution in [0.2, 0.25) is 0 Å². The quantitative estimate of drug-likeness (QED) is 0.231. The summed E-state index contributed by atoms with van der Waals surface area (Å²) in [7, 11) is 0. The zero-order valence-corrected chi connectivity index (χ0v) is 19.1. The Morgan fingerprint density at radius 1 is 0.722 bits per heavy atom. The van der Waals surface area contributed by atoms with Crippen molar-refractivity contribution < 1.29 is 32.2 Å². The summed E-state index contributed by atoms with van der Waals surface area (Å²) in [5.41, 5.74) is 2.83. The fourth-order valence-electron chi connectivity index (χ4n) is 3.40. The van der Waals surface area contributed by atoms with Crippen LogP contribution in [0, 0.1) is 0 Å². The molecule has 0 aliphatic heterocycles. The molecule has 5 nitrogen and oxygen atoms in total. The van der Waals surface area contributed by atoms with E-state index in [0.29, 0.717) is 23.3 Å². The van der Waals surface area contributed by atoms with Gasteiger partial charge in [-0.25, -0.2) is 0 Å². The second-order valence-electron chi connectivity index (χ2n) is 7.82. The number of aromatic nitrogens is 1. The number of aldehydes is 1. The Bertz CT molecular complexity index is 1300. The lowest BCUT2D eigenvalue weighted by atomic mass is 10.0. The average Bonchev–Trinajstić information content (AvgIpc) is 2.90. The van der Waals surface area contributed by atoms with E-state index in [-0.39, 0.29) is 30.4 Å². The number of rotatable bonds is 10. The number of hydrogen-bond donors (Lipinski definition) is 0. The van der Waals surface area contributed by atoms with Gasteiger partial charge in [-0.1, -0.05) is 60.7 Å². The van der Waals surface area contributed by atoms with E-state index in [1.54, 1.807) is 12.1 Å². The molecule has 1 aromatic heterocycles. The van der Waals surface area contributed by atoms with Gasteiger partial charge >= 0.3 is 6.18 Å². The fraction of sp³-hybridized carbons (Fsp3) is 0.143. The van der Waals surface area contributed by atoms with Gasteiger partial charge in [0.1, 0.15) is 19.0 Å². The van der Waals surface area contributed by atoms with E-state index in [0.717, 1.165) is 11.1 Å². The Balaban J connectivity index is 1.66. The number of alkyl halides is 3. The molecular weight excluding hydrogens is 471 g/mol. The second kappa shape index (κ2) is 11.4. The molecule has 0 bridgehead atoms. The van der Waals surface area contributed by atoms with E-state index in [2.05, 4.69) is 4.98 Å². The third-order valence-electron chi connectivity index (χ3n) is 5.13. The molecule has 0 amide bonds. The number of benzene rings is 3. The van der Waals surface area contributed by atoms with Gasteiger partial charge in [0, 0.05) is 22.8 Å². The van der Waals surface area contributed by atoms with Crippen LogP contribution in [0.5, 0.6) is 17.5 Å². The molecule has 1 heterocycles. The number of pyridine rings is 1. The highest BCUT2D eigenvalue weighted by atomic mass is 19.4. The zero-order chi connectivity index (χ0) is 25.4. The molecule has 0 spiro atoms. The maximum Gasteiger partial charge on any atom is 0.422 e. The van der Waals surface area contributed by atoms with E-state index in [1.165, 1.54) is 18.2 Å². The third kappa shape index (κ3) is 6.85. The summed E-state index contributed by atoms with van der Waals surface area (Å²) in [6.07, 6.45) is -3.88. The van der Waals surface area contributed by atoms with E-state index in [9.17, 15) is 18.0 Å². The minimum Gasteiger partial charge on any atom is -0.484 e. The van der Waals surface area contributed by atoms with Gasteiger partial charge in [-0.3, -0.25) is 4.79 Å². The number of carbonyl (C=O) groups is 1. The summed E-state index contributed by atoms with van der Waals surface area (Å²) < 4.78 is 54.7. The van der Waals surface area contributed by atoms with Crippen LogP contribution in [0.15, 0.2) is 91.0 Å². The lowest BCUT2D eigenvalue weighted by Gasteiger charge is -2.16. The van der Waals surface area contributed by atoms with Gasteiger partial charge in [0.2, 0.25) is 11.8 Å². The maximum atomic E-state index is 12.7. The molecule has 0 aliphatic carbocycles. The van der Waals surface area contributed by atoms with Crippen LogP contribution in [0.25, 0.3) is 11.1 Å². The molecule has 0 saturated heterocycles. The Morgan fingerprint density at radius 2 is 1.36 bits per heavy atom. The Kier molecular flexibility index (Phi) is 7.85. The van der Waals surface area contributed by atoms with Crippen molar-refractivity contribution >= 4 is 6.29 Å². The van der Waals surface area contributed by atoms with Crippen LogP contribution in [-0.4, -0.2) is 24.1 Å². The largest absolute Gasteiger partial charge is 0.484 e. The molecule has 0 atom stereocenters. The molecule has 0 unspecified atom stereocenters. The average molecular weight is 493 g/mol. The monoisotopic (exact) mass is 493 g/mol. The Hall–Kier alpha value is -4.33. The first-order valence-electron chi connectivity index (χ1n) is 11.0. The molecule has 36 heavy (non-hydrogen) atoms. The Morgan fingerprint density at radius 3 is 1.97 bits per heavy atom. The summed E-state index contributed by atoms with van der Waals surface area (Å²) in [6.45, 7) is -0.982. The highest BCUT2D eigenvalue weighted by Crippen LogP contribution is 2.35. The van der Waals surface area contributed by atoms with Crippen molar-refractivity contribution in [1.82, 2.24) is 4.98 Å². The molecule has 0 radical (unpaired) electrons. The van der Waals surface area contributed by atoms with Crippen LogP contribution < -0.4 is 14.2 Å². The lowest BCUT2D eigenvalue weighted by Crippen LogP contribution is -2.19. The molecule has 4 rings (SSSR count). The first-order chi connectivity index (χ1) is 17.4. The minimum absolute atomic E-state index is 0.0358. The van der Waals surface area contributed by atoms with Gasteiger partial charge in [-0.15, -0.1) is 0 Å². The SMILES string of the molecule is O=Cc1ccc(OCC(F)(F)F)cc1-c1ccc(OCc2ccccc2)nc1OCc1ccccc1. The predicted molar refractivity (Wildman–Crippen MR) is 128 cm³/mol. The van der Waals surface area contributed by atoms with Crippen molar-refractivity contribution in [3.05, 3.63) is 108 Å². The predicted octanol–water partition coefficient (Wildman–Crippen LogP) is 6.66. The van der Waals surface area contributed by atoms with Gasteiger partial charge in [-0.2, -0.15) is 18.2 Å². The molecule has 0 fully saturated rings. The highest BCUT2D eigenvalue weighted by Gasteiger charge is 2.28. The van der Waals surface area contributed by atoms with Crippen molar-refractivity contribution in [2.75, 3.05) is 6.61 Å². The van der Waals surface area contributed by atoms with Crippen molar-refractivity contribution in [3.63, 3.8) is 0 Å². The number of carbonyl (C=O) groups excluding carboxylic acids is 1. The fourth-order valence-corrected chi connectivity index (χ4v) is 3.40. The van der Waals surface area contributed by atoms with Gasteiger partial charge in [0.15, 0.2) is 12.9 Å². The zero-order valence-electron chi connectivity index (χ0n) is 19.1. The lowest BCUT2D eigenvalue weighted by molar-refractivity contribution is -0.153. The number of nitrogens with zero attached hydrogens (tertiary/aromatic N) is 1. The molecular formula is C28H22F3NO4. The van der Waals surface area contributed by atoms with Crippen molar-refractivity contribution in [3.8, 4) is 28.6 Å². The molecule has 3 aromatic carbocycles. The summed E-state index contributed by atoms with van der Waals surface area (Å²) in [5, 5.41) is 0. The smallest absolute Gasteiger partial charge is 0.422 e. The topological polar surface area (TPSA) is 57.7 Å². The van der Waals surface area contributed by atoms with E-state index < -0.39 is 12.8 Å². The molecule has 184 valence electrons. The van der Waals surface area contributed by atoms with E-state index in [4.69, 9.17) is 14.2 Å². The van der Waals surface area contributed by atoms with Crippen LogP contribution in [0.3, 0.4) is 0 Å². The number of hydrogen-bond acceptors (Lipinski definition) is 5. The number of halogens is 3. The van der Waals surface area contributed by atoms with Gasteiger partial charge in [0.05, 0.1) is 0 Å². The summed E-state index contributed by atoms with van der Waals surface area (Å²) in [4.78, 5) is 16.2. The molecule has 4 aromatic rings. The highest BCUT2D eigenvalue weighted by molar-refractivity contribution is 5.89. The first kappa shape index (κ1) is 24.8. The molecule has 0 N–H and O–H groups in total. The van der Waals surface area contributed by atoms with Crippen molar-refractivity contribution in [2.24, 2.45) is 0 Å². The maximum absolute atomic E-state index is 12.7. The van der Waals surface area contributed by atoms with Crippen LogP contribution >= 0.6 is 0 Å². The summed E-state index contributed by atoms with van der Waals surface area (Å²) in [6, 6.07) is 26.3. The van der Waals surface area contributed by atoms with Crippen LogP contribution in [0.4, 0.5) is 13.2 Å². The summed E-state index contributed by atoms with van der Waals surface area (Å²) >= 11 is 0. The normalized spacial score (nSPS) is 11.1. The van der Waals surface area contributed by atoms with Crippen LogP contribution in [-0.2, 0) is 13.2 Å².